The van der Waals surface area contributed by atoms with Crippen molar-refractivity contribution in [1.29, 1.82) is 0 Å². The van der Waals surface area contributed by atoms with Gasteiger partial charge in [0, 0.05) is 22.7 Å². The molecule has 0 fully saturated rings. The average molecular weight is 318 g/mol. The van der Waals surface area contributed by atoms with Gasteiger partial charge in [-0.25, -0.2) is 9.97 Å². The maximum Gasteiger partial charge on any atom is 0.123 e. The predicted octanol–water partition coefficient (Wildman–Crippen LogP) is 2.73. The van der Waals surface area contributed by atoms with Crippen LogP contribution in [0.25, 0.3) is 11.3 Å². The van der Waals surface area contributed by atoms with Crippen LogP contribution in [0.2, 0.25) is 0 Å². The number of imidazole rings is 1. The fourth-order valence-electron chi connectivity index (χ4n) is 4.33. The summed E-state index contributed by atoms with van der Waals surface area (Å²) in [5.41, 5.74) is 11.2. The number of nitrogens with two attached hydrogens (primary N) is 1. The van der Waals surface area contributed by atoms with Gasteiger partial charge in [-0.05, 0) is 24.5 Å². The van der Waals surface area contributed by atoms with Gasteiger partial charge in [0.1, 0.15) is 5.82 Å². The Kier molecular flexibility index (Phi) is 2.82. The second-order valence-corrected chi connectivity index (χ2v) is 6.64. The molecule has 5 nitrogen and oxygen atoms in total. The third-order valence-electron chi connectivity index (χ3n) is 5.40. The summed E-state index contributed by atoms with van der Waals surface area (Å²) >= 11 is 0. The summed E-state index contributed by atoms with van der Waals surface area (Å²) in [6.07, 6.45) is 4.95. The summed E-state index contributed by atoms with van der Waals surface area (Å²) in [4.78, 5) is 8.72. The van der Waals surface area contributed by atoms with Gasteiger partial charge < -0.3 is 15.4 Å². The fraction of sp³-hybridized carbons (Fsp3) is 0.263. The first kappa shape index (κ1) is 13.7. The first-order valence-corrected chi connectivity index (χ1v) is 8.28. The Hall–Kier alpha value is -2.66. The largest absolute Gasteiger partial charge is 0.388 e. The molecule has 1 aliphatic heterocycles. The maximum absolute atomic E-state index is 11.0. The molecular formula is C19H18N4O. The quantitative estimate of drug-likeness (QED) is 0.723. The van der Waals surface area contributed by atoms with E-state index in [1.165, 1.54) is 11.1 Å². The summed E-state index contributed by atoms with van der Waals surface area (Å²) in [6.45, 7) is 0. The smallest absolute Gasteiger partial charge is 0.123 e. The van der Waals surface area contributed by atoms with Crippen molar-refractivity contribution in [3.63, 3.8) is 0 Å². The third-order valence-corrected chi connectivity index (χ3v) is 5.40. The number of aryl methyl sites for hydroxylation is 1. The normalized spacial score (nSPS) is 24.3. The Balaban J connectivity index is 1.62. The topological polar surface area (TPSA) is 77.0 Å². The standard InChI is InChI=1S/C19H18N4O/c20-17-8-6-13-15(22-17)7-5-14(19(13)24)18-12-4-2-1-3-11(12)16-9-21-10-23(16)18/h1-4,6,8-10,14,18-19,24H,5,7H2,(H2,20,22). The zero-order valence-electron chi connectivity index (χ0n) is 13.1. The fourth-order valence-corrected chi connectivity index (χ4v) is 4.33. The zero-order chi connectivity index (χ0) is 16.3. The van der Waals surface area contributed by atoms with Crippen molar-refractivity contribution in [1.82, 2.24) is 14.5 Å². The molecule has 120 valence electrons. The van der Waals surface area contributed by atoms with Gasteiger partial charge in [-0.15, -0.1) is 0 Å². The highest BCUT2D eigenvalue weighted by atomic mass is 16.3. The number of hydrogen-bond acceptors (Lipinski definition) is 4. The molecule has 2 aromatic heterocycles. The first-order chi connectivity index (χ1) is 11.7. The van der Waals surface area contributed by atoms with Gasteiger partial charge in [0.2, 0.25) is 0 Å². The van der Waals surface area contributed by atoms with Crippen LogP contribution in [0.5, 0.6) is 0 Å². The third kappa shape index (κ3) is 1.79. The van der Waals surface area contributed by atoms with E-state index < -0.39 is 6.10 Å². The lowest BCUT2D eigenvalue weighted by Gasteiger charge is -2.34. The highest BCUT2D eigenvalue weighted by Crippen LogP contribution is 2.49. The van der Waals surface area contributed by atoms with Crippen molar-refractivity contribution in [3.8, 4) is 11.3 Å². The van der Waals surface area contributed by atoms with Crippen molar-refractivity contribution in [2.24, 2.45) is 5.92 Å². The van der Waals surface area contributed by atoms with Crippen LogP contribution < -0.4 is 5.73 Å². The predicted molar refractivity (Wildman–Crippen MR) is 91.2 cm³/mol. The molecule has 3 atom stereocenters. The average Bonchev–Trinajstić information content (AvgIpc) is 3.16. The van der Waals surface area contributed by atoms with E-state index in [0.717, 1.165) is 29.8 Å². The number of aromatic nitrogens is 3. The van der Waals surface area contributed by atoms with Crippen LogP contribution in [0.3, 0.4) is 0 Å². The molecule has 3 aromatic rings. The Morgan fingerprint density at radius 2 is 2.00 bits per heavy atom. The first-order valence-electron chi connectivity index (χ1n) is 8.28. The highest BCUT2D eigenvalue weighted by Gasteiger charge is 2.40. The number of rotatable bonds is 1. The molecule has 3 unspecified atom stereocenters. The lowest BCUT2D eigenvalue weighted by atomic mass is 9.77. The number of aliphatic hydroxyl groups is 1. The summed E-state index contributed by atoms with van der Waals surface area (Å²) in [5, 5.41) is 11.0. The van der Waals surface area contributed by atoms with Crippen molar-refractivity contribution in [2.45, 2.75) is 25.0 Å². The second kappa shape index (κ2) is 4.92. The number of hydrogen-bond donors (Lipinski definition) is 2. The summed E-state index contributed by atoms with van der Waals surface area (Å²) < 4.78 is 2.20. The van der Waals surface area contributed by atoms with Gasteiger partial charge in [-0.1, -0.05) is 30.3 Å². The van der Waals surface area contributed by atoms with Crippen LogP contribution in [-0.4, -0.2) is 19.6 Å². The van der Waals surface area contributed by atoms with Gasteiger partial charge in [-0.3, -0.25) is 0 Å². The lowest BCUT2D eigenvalue weighted by Crippen LogP contribution is -2.29. The summed E-state index contributed by atoms with van der Waals surface area (Å²) in [7, 11) is 0. The molecule has 24 heavy (non-hydrogen) atoms. The SMILES string of the molecule is Nc1ccc2c(n1)CCC(C1c3ccccc3-c3cncn31)C2O. The molecule has 1 aromatic carbocycles. The summed E-state index contributed by atoms with van der Waals surface area (Å²) in [5.74, 6) is 0.613. The minimum absolute atomic E-state index is 0.0968. The molecule has 3 heterocycles. The minimum Gasteiger partial charge on any atom is -0.388 e. The van der Waals surface area contributed by atoms with E-state index in [1.807, 2.05) is 18.6 Å². The number of pyridine rings is 1. The highest BCUT2D eigenvalue weighted by molar-refractivity contribution is 5.69. The summed E-state index contributed by atoms with van der Waals surface area (Å²) in [6, 6.07) is 12.2. The van der Waals surface area contributed by atoms with Gasteiger partial charge in [0.25, 0.3) is 0 Å². The van der Waals surface area contributed by atoms with Crippen LogP contribution in [-0.2, 0) is 6.42 Å². The Bertz CT molecular complexity index is 933. The van der Waals surface area contributed by atoms with E-state index in [-0.39, 0.29) is 12.0 Å². The van der Waals surface area contributed by atoms with Crippen molar-refractivity contribution < 1.29 is 5.11 Å². The van der Waals surface area contributed by atoms with Crippen molar-refractivity contribution in [3.05, 3.63) is 65.7 Å². The number of nitrogens with zero attached hydrogens (tertiary/aromatic N) is 3. The number of aliphatic hydroxyl groups excluding tert-OH is 1. The van der Waals surface area contributed by atoms with Gasteiger partial charge in [-0.2, -0.15) is 0 Å². The molecule has 0 radical (unpaired) electrons. The molecule has 0 saturated heterocycles. The number of benzene rings is 1. The van der Waals surface area contributed by atoms with Crippen LogP contribution in [0.1, 0.15) is 35.4 Å². The Morgan fingerprint density at radius 3 is 2.92 bits per heavy atom. The maximum atomic E-state index is 11.0. The van der Waals surface area contributed by atoms with Crippen molar-refractivity contribution >= 4 is 5.82 Å². The van der Waals surface area contributed by atoms with Crippen molar-refractivity contribution in [2.75, 3.05) is 5.73 Å². The molecule has 1 aliphatic carbocycles. The van der Waals surface area contributed by atoms with E-state index in [2.05, 4.69) is 38.8 Å². The molecule has 0 spiro atoms. The molecule has 0 amide bonds. The second-order valence-electron chi connectivity index (χ2n) is 6.64. The Morgan fingerprint density at radius 1 is 1.12 bits per heavy atom. The van der Waals surface area contributed by atoms with E-state index in [4.69, 9.17) is 5.73 Å². The van der Waals surface area contributed by atoms with Gasteiger partial charge in [0.05, 0.1) is 30.4 Å². The van der Waals surface area contributed by atoms with Gasteiger partial charge >= 0.3 is 0 Å². The number of nitrogen functional groups attached to an aromatic ring is 1. The molecule has 0 saturated carbocycles. The number of anilines is 1. The molecule has 0 bridgehead atoms. The Labute approximate surface area is 139 Å². The molecule has 5 rings (SSSR count). The molecule has 5 heteroatoms. The van der Waals surface area contributed by atoms with E-state index in [9.17, 15) is 5.11 Å². The van der Waals surface area contributed by atoms with E-state index >= 15 is 0 Å². The number of fused-ring (bicyclic) bond motifs is 4. The monoisotopic (exact) mass is 318 g/mol. The van der Waals surface area contributed by atoms with Crippen LogP contribution in [0, 0.1) is 5.92 Å². The molecule has 2 aliphatic rings. The van der Waals surface area contributed by atoms with Crippen LogP contribution in [0.4, 0.5) is 5.82 Å². The lowest BCUT2D eigenvalue weighted by molar-refractivity contribution is 0.0711. The van der Waals surface area contributed by atoms with Crippen LogP contribution in [0.15, 0.2) is 48.9 Å². The minimum atomic E-state index is -0.548. The molecular weight excluding hydrogens is 300 g/mol. The van der Waals surface area contributed by atoms with E-state index in [1.54, 1.807) is 6.07 Å². The van der Waals surface area contributed by atoms with Gasteiger partial charge in [0.15, 0.2) is 0 Å². The van der Waals surface area contributed by atoms with E-state index in [0.29, 0.717) is 5.82 Å². The molecule has 3 N–H and O–H groups in total. The zero-order valence-corrected chi connectivity index (χ0v) is 13.1. The van der Waals surface area contributed by atoms with Crippen LogP contribution >= 0.6 is 0 Å².